The van der Waals surface area contributed by atoms with Crippen LogP contribution in [-0.4, -0.2) is 31.1 Å². The number of nitrogens with one attached hydrogen (secondary N) is 2. The van der Waals surface area contributed by atoms with Crippen molar-refractivity contribution in [1.82, 2.24) is 15.0 Å². The van der Waals surface area contributed by atoms with Crippen LogP contribution in [0.5, 0.6) is 0 Å². The van der Waals surface area contributed by atoms with Gasteiger partial charge in [-0.3, -0.25) is 9.78 Å². The minimum Gasteiger partial charge on any atom is -0.351 e. The molecule has 0 fully saturated rings. The van der Waals surface area contributed by atoms with Gasteiger partial charge in [0.05, 0.1) is 11.8 Å². The Morgan fingerprint density at radius 1 is 1.12 bits per heavy atom. The van der Waals surface area contributed by atoms with Crippen LogP contribution in [0, 0.1) is 0 Å². The topological polar surface area (TPSA) is 88.2 Å². The van der Waals surface area contributed by atoms with Gasteiger partial charge in [-0.25, -0.2) is 13.1 Å². The van der Waals surface area contributed by atoms with Gasteiger partial charge in [0.2, 0.25) is 15.9 Å². The molecule has 0 unspecified atom stereocenters. The fourth-order valence-corrected chi connectivity index (χ4v) is 3.39. The van der Waals surface area contributed by atoms with E-state index in [0.717, 1.165) is 11.1 Å². The minimum atomic E-state index is -3.53. The molecule has 24 heavy (non-hydrogen) atoms. The number of sulfonamides is 1. The molecule has 0 aliphatic heterocycles. The first-order chi connectivity index (χ1) is 11.5. The quantitative estimate of drug-likeness (QED) is 0.752. The highest BCUT2D eigenvalue weighted by Crippen LogP contribution is 2.02. The third-order valence-electron chi connectivity index (χ3n) is 3.44. The third-order valence-corrected chi connectivity index (χ3v) is 4.90. The highest BCUT2D eigenvalue weighted by molar-refractivity contribution is 7.89. The predicted octanol–water partition coefficient (Wildman–Crippen LogP) is 1.25. The molecular formula is C17H21N3O3S. The van der Waals surface area contributed by atoms with Gasteiger partial charge in [0, 0.05) is 18.9 Å². The molecule has 1 aromatic carbocycles. The molecular weight excluding hydrogens is 326 g/mol. The standard InChI is InChI=1S/C17H21N3O3S/c1-14(17(21)19-13-16-8-5-10-18-12-16)20-24(22,23)11-9-15-6-3-2-4-7-15/h2-8,10,12,14,20H,9,11,13H2,1H3,(H,19,21)/t14-/m1/s1. The van der Waals surface area contributed by atoms with Crippen LogP contribution in [0.3, 0.4) is 0 Å². The molecule has 2 N–H and O–H groups in total. The van der Waals surface area contributed by atoms with Crippen molar-refractivity contribution >= 4 is 15.9 Å². The average molecular weight is 347 g/mol. The molecule has 128 valence electrons. The van der Waals surface area contributed by atoms with Crippen molar-refractivity contribution < 1.29 is 13.2 Å². The van der Waals surface area contributed by atoms with Gasteiger partial charge in [-0.2, -0.15) is 0 Å². The number of aryl methyl sites for hydroxylation is 1. The summed E-state index contributed by atoms with van der Waals surface area (Å²) in [7, 11) is -3.53. The number of carbonyl (C=O) groups excluding carboxylic acids is 1. The zero-order valence-electron chi connectivity index (χ0n) is 13.5. The minimum absolute atomic E-state index is 0.0583. The Morgan fingerprint density at radius 2 is 1.83 bits per heavy atom. The number of aromatic nitrogens is 1. The molecule has 1 amide bonds. The molecule has 0 spiro atoms. The molecule has 2 aromatic rings. The van der Waals surface area contributed by atoms with E-state index in [1.807, 2.05) is 36.4 Å². The lowest BCUT2D eigenvalue weighted by Crippen LogP contribution is -2.45. The number of hydrogen-bond donors (Lipinski definition) is 2. The fraction of sp³-hybridized carbons (Fsp3) is 0.294. The van der Waals surface area contributed by atoms with Gasteiger partial charge in [0.25, 0.3) is 0 Å². The smallest absolute Gasteiger partial charge is 0.238 e. The monoisotopic (exact) mass is 347 g/mol. The first-order valence-corrected chi connectivity index (χ1v) is 9.32. The highest BCUT2D eigenvalue weighted by atomic mass is 32.2. The molecule has 0 radical (unpaired) electrons. The summed E-state index contributed by atoms with van der Waals surface area (Å²) >= 11 is 0. The summed E-state index contributed by atoms with van der Waals surface area (Å²) in [5.41, 5.74) is 1.79. The van der Waals surface area contributed by atoms with Crippen LogP contribution in [0.4, 0.5) is 0 Å². The molecule has 0 saturated carbocycles. The molecule has 0 saturated heterocycles. The summed E-state index contributed by atoms with van der Waals surface area (Å²) in [4.78, 5) is 16.0. The second kappa shape index (κ2) is 8.56. The zero-order chi connectivity index (χ0) is 17.4. The Balaban J connectivity index is 1.81. The molecule has 1 atom stereocenters. The number of amides is 1. The van der Waals surface area contributed by atoms with Crippen LogP contribution in [-0.2, 0) is 27.8 Å². The molecule has 0 aliphatic carbocycles. The van der Waals surface area contributed by atoms with Crippen LogP contribution >= 0.6 is 0 Å². The lowest BCUT2D eigenvalue weighted by atomic mass is 10.2. The average Bonchev–Trinajstić information content (AvgIpc) is 2.59. The van der Waals surface area contributed by atoms with Crippen LogP contribution in [0.1, 0.15) is 18.1 Å². The van der Waals surface area contributed by atoms with Gasteiger partial charge in [0.15, 0.2) is 0 Å². The summed E-state index contributed by atoms with van der Waals surface area (Å²) in [6.45, 7) is 1.83. The van der Waals surface area contributed by atoms with Crippen molar-refractivity contribution in [3.05, 3.63) is 66.0 Å². The number of pyridine rings is 1. The van der Waals surface area contributed by atoms with Crippen LogP contribution < -0.4 is 10.0 Å². The first kappa shape index (κ1) is 18.1. The molecule has 7 heteroatoms. The first-order valence-electron chi connectivity index (χ1n) is 7.67. The van der Waals surface area contributed by atoms with Crippen molar-refractivity contribution in [3.8, 4) is 0 Å². The normalized spacial score (nSPS) is 12.5. The van der Waals surface area contributed by atoms with Gasteiger partial charge in [0.1, 0.15) is 0 Å². The van der Waals surface area contributed by atoms with Crippen LogP contribution in [0.25, 0.3) is 0 Å². The van der Waals surface area contributed by atoms with Gasteiger partial charge in [-0.05, 0) is 30.5 Å². The molecule has 2 rings (SSSR count). The summed E-state index contributed by atoms with van der Waals surface area (Å²) in [5, 5.41) is 2.69. The van der Waals surface area contributed by atoms with Crippen molar-refractivity contribution in [1.29, 1.82) is 0 Å². The van der Waals surface area contributed by atoms with Crippen molar-refractivity contribution in [2.75, 3.05) is 5.75 Å². The van der Waals surface area contributed by atoms with Gasteiger partial charge >= 0.3 is 0 Å². The van der Waals surface area contributed by atoms with E-state index in [2.05, 4.69) is 15.0 Å². The Hall–Kier alpha value is -2.25. The maximum Gasteiger partial charge on any atom is 0.238 e. The maximum atomic E-state index is 12.1. The van der Waals surface area contributed by atoms with E-state index in [4.69, 9.17) is 0 Å². The summed E-state index contributed by atoms with van der Waals surface area (Å²) in [6.07, 6.45) is 3.70. The SMILES string of the molecule is C[C@@H](NS(=O)(=O)CCc1ccccc1)C(=O)NCc1cccnc1. The Bertz CT molecular complexity index is 749. The lowest BCUT2D eigenvalue weighted by Gasteiger charge is -2.14. The number of hydrogen-bond acceptors (Lipinski definition) is 4. The molecule has 0 bridgehead atoms. The zero-order valence-corrected chi connectivity index (χ0v) is 14.3. The van der Waals surface area contributed by atoms with Crippen LogP contribution in [0.2, 0.25) is 0 Å². The Labute approximate surface area is 142 Å². The summed E-state index contributed by atoms with van der Waals surface area (Å²) in [6, 6.07) is 12.1. The second-order valence-electron chi connectivity index (χ2n) is 5.47. The van der Waals surface area contributed by atoms with E-state index in [-0.39, 0.29) is 11.7 Å². The van der Waals surface area contributed by atoms with E-state index in [9.17, 15) is 13.2 Å². The Kier molecular flexibility index (Phi) is 6.45. The summed E-state index contributed by atoms with van der Waals surface area (Å²) in [5.74, 6) is -0.431. The molecule has 6 nitrogen and oxygen atoms in total. The van der Waals surface area contributed by atoms with Crippen molar-refractivity contribution in [3.63, 3.8) is 0 Å². The van der Waals surface area contributed by atoms with Gasteiger partial charge in [-0.1, -0.05) is 36.4 Å². The Morgan fingerprint density at radius 3 is 2.50 bits per heavy atom. The maximum absolute atomic E-state index is 12.1. The van der Waals surface area contributed by atoms with E-state index >= 15 is 0 Å². The van der Waals surface area contributed by atoms with E-state index in [1.54, 1.807) is 18.5 Å². The number of rotatable bonds is 8. The fourth-order valence-electron chi connectivity index (χ4n) is 2.12. The van der Waals surface area contributed by atoms with E-state index in [0.29, 0.717) is 13.0 Å². The number of carbonyl (C=O) groups is 1. The van der Waals surface area contributed by atoms with Crippen molar-refractivity contribution in [2.45, 2.75) is 25.9 Å². The second-order valence-corrected chi connectivity index (χ2v) is 7.35. The van der Waals surface area contributed by atoms with Crippen molar-refractivity contribution in [2.24, 2.45) is 0 Å². The predicted molar refractivity (Wildman–Crippen MR) is 92.6 cm³/mol. The molecule has 1 aromatic heterocycles. The summed E-state index contributed by atoms with van der Waals surface area (Å²) < 4.78 is 26.6. The van der Waals surface area contributed by atoms with Gasteiger partial charge < -0.3 is 5.32 Å². The lowest BCUT2D eigenvalue weighted by molar-refractivity contribution is -0.122. The van der Waals surface area contributed by atoms with E-state index in [1.165, 1.54) is 6.92 Å². The van der Waals surface area contributed by atoms with Crippen LogP contribution in [0.15, 0.2) is 54.9 Å². The number of benzene rings is 1. The van der Waals surface area contributed by atoms with E-state index < -0.39 is 16.1 Å². The number of nitrogens with zero attached hydrogens (tertiary/aromatic N) is 1. The van der Waals surface area contributed by atoms with Gasteiger partial charge in [-0.15, -0.1) is 0 Å². The third kappa shape index (κ3) is 6.10. The largest absolute Gasteiger partial charge is 0.351 e. The highest BCUT2D eigenvalue weighted by Gasteiger charge is 2.19. The molecule has 1 heterocycles. The molecule has 0 aliphatic rings.